The van der Waals surface area contributed by atoms with Gasteiger partial charge in [0.2, 0.25) is 15.9 Å². The minimum absolute atomic E-state index is 0.149. The SMILES string of the molecule is CCCCN(CC(=O)Nc1cc(-c2ccccc2)nn1-c1ccc(C)cc1)S(=O)(=O)c1ccc(Br)cc1. The second-order valence-corrected chi connectivity index (χ2v) is 11.6. The Morgan fingerprint density at radius 2 is 1.68 bits per heavy atom. The molecule has 0 saturated carbocycles. The molecule has 1 amide bonds. The van der Waals surface area contributed by atoms with Gasteiger partial charge in [-0.3, -0.25) is 4.79 Å². The van der Waals surface area contributed by atoms with Gasteiger partial charge >= 0.3 is 0 Å². The third-order valence-corrected chi connectivity index (χ3v) is 8.25. The second kappa shape index (κ2) is 11.9. The quantitative estimate of drug-likeness (QED) is 0.248. The van der Waals surface area contributed by atoms with E-state index in [9.17, 15) is 13.2 Å². The van der Waals surface area contributed by atoms with Crippen molar-refractivity contribution in [1.82, 2.24) is 14.1 Å². The minimum atomic E-state index is -3.85. The predicted molar refractivity (Wildman–Crippen MR) is 150 cm³/mol. The van der Waals surface area contributed by atoms with Crippen molar-refractivity contribution in [2.24, 2.45) is 0 Å². The van der Waals surface area contributed by atoms with Gasteiger partial charge in [-0.05, 0) is 49.7 Å². The molecule has 0 spiro atoms. The summed E-state index contributed by atoms with van der Waals surface area (Å²) in [5, 5.41) is 7.63. The number of sulfonamides is 1. The maximum absolute atomic E-state index is 13.4. The first-order valence-corrected chi connectivity index (χ1v) is 14.3. The lowest BCUT2D eigenvalue weighted by molar-refractivity contribution is -0.116. The standard InChI is InChI=1S/C28H29BrN4O3S/c1-3-4-18-32(37(35,36)25-16-12-23(29)13-17-25)20-28(34)30-27-19-26(22-8-6-5-7-9-22)31-33(27)24-14-10-21(2)11-15-24/h5-17,19H,3-4,18,20H2,1-2H3,(H,30,34). The highest BCUT2D eigenvalue weighted by Gasteiger charge is 2.27. The summed E-state index contributed by atoms with van der Waals surface area (Å²) in [4.78, 5) is 13.4. The molecule has 192 valence electrons. The Morgan fingerprint density at radius 1 is 1.00 bits per heavy atom. The number of carbonyl (C=O) groups excluding carboxylic acids is 1. The van der Waals surface area contributed by atoms with Crippen LogP contribution >= 0.6 is 15.9 Å². The topological polar surface area (TPSA) is 84.3 Å². The Hall–Kier alpha value is -3.27. The van der Waals surface area contributed by atoms with Gasteiger partial charge in [0.25, 0.3) is 0 Å². The van der Waals surface area contributed by atoms with E-state index in [0.717, 1.165) is 27.7 Å². The summed E-state index contributed by atoms with van der Waals surface area (Å²) in [7, 11) is -3.85. The molecule has 4 aromatic rings. The zero-order valence-electron chi connectivity index (χ0n) is 20.8. The summed E-state index contributed by atoms with van der Waals surface area (Å²) in [6.45, 7) is 3.92. The van der Waals surface area contributed by atoms with E-state index in [0.29, 0.717) is 17.9 Å². The number of carbonyl (C=O) groups is 1. The molecular weight excluding hydrogens is 552 g/mol. The van der Waals surface area contributed by atoms with Gasteiger partial charge in [-0.25, -0.2) is 13.1 Å². The Labute approximate surface area is 226 Å². The molecule has 1 aromatic heterocycles. The van der Waals surface area contributed by atoms with Gasteiger partial charge in [-0.1, -0.05) is 77.3 Å². The molecular formula is C28H29BrN4O3S. The van der Waals surface area contributed by atoms with Gasteiger partial charge in [0.05, 0.1) is 22.8 Å². The molecule has 1 heterocycles. The highest BCUT2D eigenvalue weighted by molar-refractivity contribution is 9.10. The highest BCUT2D eigenvalue weighted by atomic mass is 79.9. The zero-order chi connectivity index (χ0) is 26.4. The van der Waals surface area contributed by atoms with Crippen molar-refractivity contribution in [2.45, 2.75) is 31.6 Å². The van der Waals surface area contributed by atoms with E-state index in [-0.39, 0.29) is 18.0 Å². The van der Waals surface area contributed by atoms with Crippen LogP contribution in [0.25, 0.3) is 16.9 Å². The average Bonchev–Trinajstić information content (AvgIpc) is 3.31. The van der Waals surface area contributed by atoms with Gasteiger partial charge in [0.15, 0.2) is 0 Å². The number of halogens is 1. The number of rotatable bonds is 10. The normalized spacial score (nSPS) is 11.6. The van der Waals surface area contributed by atoms with Crippen molar-refractivity contribution in [2.75, 3.05) is 18.4 Å². The summed E-state index contributed by atoms with van der Waals surface area (Å²) in [6.07, 6.45) is 1.44. The highest BCUT2D eigenvalue weighted by Crippen LogP contribution is 2.25. The number of nitrogens with one attached hydrogen (secondary N) is 1. The summed E-state index contributed by atoms with van der Waals surface area (Å²) in [6, 6.07) is 25.7. The molecule has 0 aliphatic heterocycles. The van der Waals surface area contributed by atoms with Gasteiger partial charge in [-0.2, -0.15) is 9.40 Å². The van der Waals surface area contributed by atoms with Crippen LogP contribution in [0, 0.1) is 6.92 Å². The van der Waals surface area contributed by atoms with Crippen LogP contribution in [-0.2, 0) is 14.8 Å². The van der Waals surface area contributed by atoms with E-state index in [1.165, 1.54) is 16.4 Å². The fourth-order valence-electron chi connectivity index (χ4n) is 3.82. The van der Waals surface area contributed by atoms with Crippen LogP contribution in [0.15, 0.2) is 94.3 Å². The fraction of sp³-hybridized carbons (Fsp3) is 0.214. The molecule has 3 aromatic carbocycles. The number of amides is 1. The first-order chi connectivity index (χ1) is 17.8. The van der Waals surface area contributed by atoms with Crippen LogP contribution in [0.5, 0.6) is 0 Å². The van der Waals surface area contributed by atoms with Crippen LogP contribution < -0.4 is 5.32 Å². The van der Waals surface area contributed by atoms with Crippen molar-refractivity contribution in [3.63, 3.8) is 0 Å². The maximum atomic E-state index is 13.4. The van der Waals surface area contributed by atoms with E-state index in [2.05, 4.69) is 21.2 Å². The van der Waals surface area contributed by atoms with Crippen LogP contribution in [-0.4, -0.2) is 41.5 Å². The number of benzene rings is 3. The second-order valence-electron chi connectivity index (χ2n) is 8.72. The molecule has 4 rings (SSSR count). The number of aryl methyl sites for hydroxylation is 1. The van der Waals surface area contributed by atoms with E-state index >= 15 is 0 Å². The lowest BCUT2D eigenvalue weighted by Gasteiger charge is -2.22. The van der Waals surface area contributed by atoms with Crippen molar-refractivity contribution in [3.05, 3.63) is 95.0 Å². The molecule has 37 heavy (non-hydrogen) atoms. The van der Waals surface area contributed by atoms with E-state index in [1.807, 2.05) is 68.4 Å². The van der Waals surface area contributed by atoms with Crippen molar-refractivity contribution >= 4 is 37.7 Å². The van der Waals surface area contributed by atoms with E-state index < -0.39 is 15.9 Å². The maximum Gasteiger partial charge on any atom is 0.243 e. The van der Waals surface area contributed by atoms with Crippen molar-refractivity contribution in [1.29, 1.82) is 0 Å². The zero-order valence-corrected chi connectivity index (χ0v) is 23.2. The molecule has 9 heteroatoms. The lowest BCUT2D eigenvalue weighted by atomic mass is 10.1. The van der Waals surface area contributed by atoms with Gasteiger partial charge in [0, 0.05) is 22.6 Å². The van der Waals surface area contributed by atoms with Crippen LogP contribution in [0.2, 0.25) is 0 Å². The smallest absolute Gasteiger partial charge is 0.243 e. The molecule has 1 N–H and O–H groups in total. The number of unbranched alkanes of at least 4 members (excludes halogenated alkanes) is 1. The molecule has 0 atom stereocenters. The van der Waals surface area contributed by atoms with Crippen LogP contribution in [0.4, 0.5) is 5.82 Å². The van der Waals surface area contributed by atoms with E-state index in [1.54, 1.807) is 22.9 Å². The third kappa shape index (κ3) is 6.54. The lowest BCUT2D eigenvalue weighted by Crippen LogP contribution is -2.38. The summed E-state index contributed by atoms with van der Waals surface area (Å²) in [5.41, 5.74) is 3.50. The van der Waals surface area contributed by atoms with Crippen molar-refractivity contribution < 1.29 is 13.2 Å². The predicted octanol–water partition coefficient (Wildman–Crippen LogP) is 6.04. The molecule has 0 unspecified atom stereocenters. The first-order valence-electron chi connectivity index (χ1n) is 12.1. The fourth-order valence-corrected chi connectivity index (χ4v) is 5.52. The Kier molecular flexibility index (Phi) is 8.58. The Balaban J connectivity index is 1.63. The number of nitrogens with zero attached hydrogens (tertiary/aromatic N) is 3. The molecule has 0 bridgehead atoms. The number of aromatic nitrogens is 2. The first kappa shape index (κ1) is 26.8. The Bertz CT molecular complexity index is 1450. The third-order valence-electron chi connectivity index (χ3n) is 5.86. The summed E-state index contributed by atoms with van der Waals surface area (Å²) in [5.74, 6) is 0.0221. The molecule has 0 aliphatic rings. The molecule has 0 radical (unpaired) electrons. The average molecular weight is 582 g/mol. The number of hydrogen-bond donors (Lipinski definition) is 1. The summed E-state index contributed by atoms with van der Waals surface area (Å²) < 4.78 is 30.4. The van der Waals surface area contributed by atoms with Crippen LogP contribution in [0.3, 0.4) is 0 Å². The van der Waals surface area contributed by atoms with Crippen molar-refractivity contribution in [3.8, 4) is 16.9 Å². The Morgan fingerprint density at radius 3 is 2.32 bits per heavy atom. The minimum Gasteiger partial charge on any atom is -0.309 e. The monoisotopic (exact) mass is 580 g/mol. The largest absolute Gasteiger partial charge is 0.309 e. The van der Waals surface area contributed by atoms with Gasteiger partial charge in [-0.15, -0.1) is 0 Å². The number of anilines is 1. The van der Waals surface area contributed by atoms with Crippen LogP contribution in [0.1, 0.15) is 25.3 Å². The molecule has 0 aliphatic carbocycles. The molecule has 7 nitrogen and oxygen atoms in total. The van der Waals surface area contributed by atoms with Gasteiger partial charge in [0.1, 0.15) is 5.82 Å². The van der Waals surface area contributed by atoms with E-state index in [4.69, 9.17) is 5.10 Å². The molecule has 0 saturated heterocycles. The number of hydrogen-bond acceptors (Lipinski definition) is 4. The van der Waals surface area contributed by atoms with Gasteiger partial charge < -0.3 is 5.32 Å². The summed E-state index contributed by atoms with van der Waals surface area (Å²) >= 11 is 3.34. The molecule has 0 fully saturated rings.